The highest BCUT2D eigenvalue weighted by molar-refractivity contribution is 14.1. The van der Waals surface area contributed by atoms with Crippen LogP contribution in [0.4, 0.5) is 0 Å². The van der Waals surface area contributed by atoms with E-state index in [-0.39, 0.29) is 5.92 Å². The first-order valence-electron chi connectivity index (χ1n) is 4.83. The Morgan fingerprint density at radius 3 is 2.75 bits per heavy atom. The summed E-state index contributed by atoms with van der Waals surface area (Å²) in [5.41, 5.74) is 0.816. The van der Waals surface area contributed by atoms with Gasteiger partial charge in [-0.05, 0) is 51.2 Å². The minimum atomic E-state index is 0.255. The molecule has 16 heavy (non-hydrogen) atoms. The van der Waals surface area contributed by atoms with Crippen molar-refractivity contribution in [1.82, 2.24) is 20.2 Å². The molecule has 6 heteroatoms. The lowest BCUT2D eigenvalue weighted by molar-refractivity contribution is 0.710. The van der Waals surface area contributed by atoms with Crippen LogP contribution in [-0.4, -0.2) is 20.2 Å². The van der Waals surface area contributed by atoms with Crippen molar-refractivity contribution in [2.24, 2.45) is 0 Å². The van der Waals surface area contributed by atoms with Crippen molar-refractivity contribution in [2.75, 3.05) is 0 Å². The summed E-state index contributed by atoms with van der Waals surface area (Å²) in [4.78, 5) is 0. The fraction of sp³-hybridized carbons (Fsp3) is 0.300. The van der Waals surface area contributed by atoms with Gasteiger partial charge in [-0.25, -0.2) is 0 Å². The predicted molar refractivity (Wildman–Crippen MR) is 71.0 cm³/mol. The third-order valence-electron chi connectivity index (χ3n) is 2.15. The highest BCUT2D eigenvalue weighted by Crippen LogP contribution is 2.24. The van der Waals surface area contributed by atoms with E-state index in [1.807, 2.05) is 32.0 Å². The van der Waals surface area contributed by atoms with E-state index in [2.05, 4.69) is 38.1 Å². The largest absolute Gasteiger partial charge is 0.196 e. The smallest absolute Gasteiger partial charge is 0.159 e. The van der Waals surface area contributed by atoms with Gasteiger partial charge in [-0.15, -0.1) is 5.10 Å². The molecule has 0 unspecified atom stereocenters. The van der Waals surface area contributed by atoms with E-state index in [1.165, 1.54) is 0 Å². The third kappa shape index (κ3) is 2.20. The Bertz CT molecular complexity index is 509. The van der Waals surface area contributed by atoms with Gasteiger partial charge in [0.2, 0.25) is 0 Å². The van der Waals surface area contributed by atoms with E-state index in [9.17, 15) is 0 Å². The van der Waals surface area contributed by atoms with Crippen LogP contribution in [0.1, 0.15) is 25.6 Å². The van der Waals surface area contributed by atoms with Gasteiger partial charge < -0.3 is 0 Å². The molecule has 1 aromatic carbocycles. The Labute approximate surface area is 112 Å². The molecule has 0 aliphatic rings. The second kappa shape index (κ2) is 4.67. The van der Waals surface area contributed by atoms with Crippen LogP contribution in [0.15, 0.2) is 18.2 Å². The number of nitrogens with zero attached hydrogens (tertiary/aromatic N) is 4. The number of hydrogen-bond donors (Lipinski definition) is 0. The average Bonchev–Trinajstić information content (AvgIpc) is 2.66. The zero-order valence-corrected chi connectivity index (χ0v) is 11.8. The minimum Gasteiger partial charge on any atom is -0.196 e. The molecule has 0 bridgehead atoms. The van der Waals surface area contributed by atoms with Crippen LogP contribution < -0.4 is 0 Å². The van der Waals surface area contributed by atoms with Crippen LogP contribution in [0.3, 0.4) is 0 Å². The summed E-state index contributed by atoms with van der Waals surface area (Å²) in [6.07, 6.45) is 0. The molecule has 0 N–H and O–H groups in total. The number of rotatable bonds is 2. The predicted octanol–water partition coefficient (Wildman–Crippen LogP) is 3.04. The summed E-state index contributed by atoms with van der Waals surface area (Å²) in [6.45, 7) is 4.09. The molecule has 4 nitrogen and oxygen atoms in total. The molecule has 1 heterocycles. The van der Waals surface area contributed by atoms with Crippen molar-refractivity contribution in [3.05, 3.63) is 32.6 Å². The first-order chi connectivity index (χ1) is 7.59. The van der Waals surface area contributed by atoms with E-state index in [4.69, 9.17) is 11.6 Å². The van der Waals surface area contributed by atoms with Gasteiger partial charge in [0.05, 0.1) is 10.7 Å². The van der Waals surface area contributed by atoms with Gasteiger partial charge in [-0.3, -0.25) is 0 Å². The van der Waals surface area contributed by atoms with Crippen molar-refractivity contribution in [1.29, 1.82) is 0 Å². The third-order valence-corrected chi connectivity index (χ3v) is 3.12. The summed E-state index contributed by atoms with van der Waals surface area (Å²) in [6, 6.07) is 5.79. The van der Waals surface area contributed by atoms with Gasteiger partial charge in [0.1, 0.15) is 0 Å². The molecular weight excluding hydrogens is 338 g/mol. The van der Waals surface area contributed by atoms with Gasteiger partial charge >= 0.3 is 0 Å². The van der Waals surface area contributed by atoms with Crippen molar-refractivity contribution in [2.45, 2.75) is 19.8 Å². The quantitative estimate of drug-likeness (QED) is 0.784. The lowest BCUT2D eigenvalue weighted by Crippen LogP contribution is -2.05. The number of benzene rings is 1. The molecule has 1 aromatic heterocycles. The summed E-state index contributed by atoms with van der Waals surface area (Å²) < 4.78 is 2.77. The number of hydrogen-bond acceptors (Lipinski definition) is 3. The van der Waals surface area contributed by atoms with Gasteiger partial charge in [0.15, 0.2) is 5.82 Å². The van der Waals surface area contributed by atoms with Crippen LogP contribution in [0, 0.1) is 3.57 Å². The molecule has 0 radical (unpaired) electrons. The fourth-order valence-electron chi connectivity index (χ4n) is 1.38. The number of tetrazole rings is 1. The molecule has 2 rings (SSSR count). The molecular formula is C10H10ClIN4. The van der Waals surface area contributed by atoms with E-state index in [0.717, 1.165) is 15.1 Å². The Morgan fingerprint density at radius 1 is 1.38 bits per heavy atom. The SMILES string of the molecule is CC(C)c1nnnn1-c1ccc(I)cc1Cl. The van der Waals surface area contributed by atoms with Crippen molar-refractivity contribution < 1.29 is 0 Å². The minimum absolute atomic E-state index is 0.255. The van der Waals surface area contributed by atoms with Gasteiger partial charge in [-0.1, -0.05) is 25.4 Å². The van der Waals surface area contributed by atoms with Crippen LogP contribution in [0.5, 0.6) is 0 Å². The number of aromatic nitrogens is 4. The maximum atomic E-state index is 6.18. The zero-order chi connectivity index (χ0) is 11.7. The van der Waals surface area contributed by atoms with E-state index >= 15 is 0 Å². The standard InChI is InChI=1S/C10H10ClIN4/c1-6(2)10-13-14-15-16(10)9-4-3-7(12)5-8(9)11/h3-6H,1-2H3. The van der Waals surface area contributed by atoms with Crippen LogP contribution in [0.25, 0.3) is 5.69 Å². The summed E-state index contributed by atoms with van der Waals surface area (Å²) in [5.74, 6) is 1.06. The maximum Gasteiger partial charge on any atom is 0.159 e. The normalized spacial score (nSPS) is 11.1. The van der Waals surface area contributed by atoms with Gasteiger partial charge in [0.25, 0.3) is 0 Å². The monoisotopic (exact) mass is 348 g/mol. The van der Waals surface area contributed by atoms with Crippen LogP contribution in [0.2, 0.25) is 5.02 Å². The van der Waals surface area contributed by atoms with Crippen molar-refractivity contribution >= 4 is 34.2 Å². The second-order valence-corrected chi connectivity index (χ2v) is 5.35. The first kappa shape index (κ1) is 11.8. The average molecular weight is 349 g/mol. The molecule has 0 fully saturated rings. The van der Waals surface area contributed by atoms with Crippen LogP contribution in [-0.2, 0) is 0 Å². The maximum absolute atomic E-state index is 6.18. The topological polar surface area (TPSA) is 43.6 Å². The van der Waals surface area contributed by atoms with Crippen molar-refractivity contribution in [3.8, 4) is 5.69 Å². The molecule has 0 aliphatic heterocycles. The molecule has 84 valence electrons. The Morgan fingerprint density at radius 2 is 2.12 bits per heavy atom. The highest BCUT2D eigenvalue weighted by atomic mass is 127. The van der Waals surface area contributed by atoms with Gasteiger partial charge in [0, 0.05) is 9.49 Å². The molecule has 2 aromatic rings. The molecule has 0 amide bonds. The van der Waals surface area contributed by atoms with Crippen molar-refractivity contribution in [3.63, 3.8) is 0 Å². The lowest BCUT2D eigenvalue weighted by Gasteiger charge is -2.08. The van der Waals surface area contributed by atoms with E-state index < -0.39 is 0 Å². The molecule has 0 saturated carbocycles. The Hall–Kier alpha value is -0.690. The number of halogens is 2. The van der Waals surface area contributed by atoms with Gasteiger partial charge in [-0.2, -0.15) is 4.68 Å². The second-order valence-electron chi connectivity index (χ2n) is 3.70. The zero-order valence-electron chi connectivity index (χ0n) is 8.85. The molecule has 0 saturated heterocycles. The fourth-order valence-corrected chi connectivity index (χ4v) is 2.31. The van der Waals surface area contributed by atoms with E-state index in [1.54, 1.807) is 4.68 Å². The van der Waals surface area contributed by atoms with E-state index in [0.29, 0.717) is 5.02 Å². The Kier molecular flexibility index (Phi) is 3.44. The van der Waals surface area contributed by atoms with Crippen LogP contribution >= 0.6 is 34.2 Å². The molecule has 0 aliphatic carbocycles. The first-order valence-corrected chi connectivity index (χ1v) is 6.29. The summed E-state index contributed by atoms with van der Waals surface area (Å²) >= 11 is 8.39. The highest BCUT2D eigenvalue weighted by Gasteiger charge is 2.13. The molecule has 0 atom stereocenters. The molecule has 0 spiro atoms. The summed E-state index contributed by atoms with van der Waals surface area (Å²) in [7, 11) is 0. The Balaban J connectivity index is 2.54. The lowest BCUT2D eigenvalue weighted by atomic mass is 10.2. The summed E-state index contributed by atoms with van der Waals surface area (Å²) in [5, 5.41) is 12.3.